The number of alkyl halides is 3. The second-order valence-corrected chi connectivity index (χ2v) is 8.52. The third kappa shape index (κ3) is 9.64. The maximum Gasteiger partial charge on any atom is 0.410 e. The smallest absolute Gasteiger partial charge is 0.410 e. The molecule has 0 unspecified atom stereocenters. The molecule has 0 aromatic rings. The Morgan fingerprint density at radius 3 is 2.46 bits per heavy atom. The van der Waals surface area contributed by atoms with Crippen molar-refractivity contribution in [1.29, 1.82) is 0 Å². The Hall–Kier alpha value is -0.590. The van der Waals surface area contributed by atoms with E-state index in [2.05, 4.69) is 0 Å². The minimum Gasteiger partial charge on any atom is -0.444 e. The fourth-order valence-corrected chi connectivity index (χ4v) is 3.73. The molecular weight excluding hydrogens is 339 g/mol. The number of thioether (sulfide) groups is 1. The predicted molar refractivity (Wildman–Crippen MR) is 92.4 cm³/mol. The number of hydrogen-bond acceptors (Lipinski definition) is 3. The van der Waals surface area contributed by atoms with Crippen molar-refractivity contribution in [1.82, 2.24) is 4.90 Å². The van der Waals surface area contributed by atoms with Crippen molar-refractivity contribution in [2.45, 2.75) is 83.5 Å². The SMILES string of the molecule is CC(C)(C)OC(=O)N1CCC[C@H]1CCCSCCCCC(F)(F)F. The molecule has 24 heavy (non-hydrogen) atoms. The van der Waals surface area contributed by atoms with E-state index in [1.54, 1.807) is 11.8 Å². The Labute approximate surface area is 147 Å². The average molecular weight is 369 g/mol. The zero-order valence-corrected chi connectivity index (χ0v) is 15.8. The van der Waals surface area contributed by atoms with Gasteiger partial charge < -0.3 is 9.64 Å². The van der Waals surface area contributed by atoms with Crippen molar-refractivity contribution in [3.8, 4) is 0 Å². The minimum absolute atomic E-state index is 0.214. The number of carbonyl (C=O) groups is 1. The molecule has 0 bridgehead atoms. The van der Waals surface area contributed by atoms with Crippen molar-refractivity contribution >= 4 is 17.9 Å². The molecule has 0 saturated carbocycles. The van der Waals surface area contributed by atoms with Crippen LogP contribution in [0.4, 0.5) is 18.0 Å². The van der Waals surface area contributed by atoms with Crippen LogP contribution in [-0.2, 0) is 4.74 Å². The van der Waals surface area contributed by atoms with Gasteiger partial charge in [0, 0.05) is 19.0 Å². The molecule has 0 radical (unpaired) electrons. The molecule has 1 aliphatic rings. The summed E-state index contributed by atoms with van der Waals surface area (Å²) in [6.07, 6.45) is -0.181. The summed E-state index contributed by atoms with van der Waals surface area (Å²) in [5.41, 5.74) is -0.476. The molecule has 0 aromatic carbocycles. The van der Waals surface area contributed by atoms with E-state index in [0.29, 0.717) is 6.42 Å². The molecule has 0 N–H and O–H groups in total. The number of nitrogens with zero attached hydrogens (tertiary/aromatic N) is 1. The molecule has 3 nitrogen and oxygen atoms in total. The highest BCUT2D eigenvalue weighted by Crippen LogP contribution is 2.25. The van der Waals surface area contributed by atoms with E-state index in [0.717, 1.165) is 43.7 Å². The van der Waals surface area contributed by atoms with Gasteiger partial charge in [0.15, 0.2) is 0 Å². The number of likely N-dealkylation sites (tertiary alicyclic amines) is 1. The third-order valence-corrected chi connectivity index (χ3v) is 4.98. The lowest BCUT2D eigenvalue weighted by molar-refractivity contribution is -0.135. The van der Waals surface area contributed by atoms with Crippen LogP contribution in [0, 0.1) is 0 Å². The van der Waals surface area contributed by atoms with E-state index < -0.39 is 18.2 Å². The van der Waals surface area contributed by atoms with E-state index in [1.165, 1.54) is 0 Å². The first-order valence-electron chi connectivity index (χ1n) is 8.72. The van der Waals surface area contributed by atoms with E-state index in [9.17, 15) is 18.0 Å². The Bertz CT molecular complexity index is 383. The van der Waals surface area contributed by atoms with Gasteiger partial charge in [-0.1, -0.05) is 0 Å². The molecule has 7 heteroatoms. The molecule has 1 amide bonds. The van der Waals surface area contributed by atoms with Gasteiger partial charge in [0.1, 0.15) is 5.60 Å². The van der Waals surface area contributed by atoms with Gasteiger partial charge in [0.05, 0.1) is 0 Å². The normalized spacial score (nSPS) is 18.9. The maximum absolute atomic E-state index is 12.2. The predicted octanol–water partition coefficient (Wildman–Crippen LogP) is 5.63. The average Bonchev–Trinajstić information content (AvgIpc) is 2.87. The molecule has 1 fully saturated rings. The summed E-state index contributed by atoms with van der Waals surface area (Å²) in [5, 5.41) is 0. The van der Waals surface area contributed by atoms with E-state index in [1.807, 2.05) is 25.7 Å². The molecule has 1 aliphatic heterocycles. The molecule has 1 heterocycles. The number of rotatable bonds is 8. The number of unbranched alkanes of at least 4 members (excludes halogenated alkanes) is 1. The summed E-state index contributed by atoms with van der Waals surface area (Å²) in [6.45, 7) is 6.35. The molecule has 0 aliphatic carbocycles. The van der Waals surface area contributed by atoms with Gasteiger partial charge in [-0.05, 0) is 70.8 Å². The molecule has 1 rings (SSSR count). The van der Waals surface area contributed by atoms with Crippen LogP contribution in [0.15, 0.2) is 0 Å². The lowest BCUT2D eigenvalue weighted by Crippen LogP contribution is -2.39. The molecule has 0 spiro atoms. The fraction of sp³-hybridized carbons (Fsp3) is 0.941. The largest absolute Gasteiger partial charge is 0.444 e. The second kappa shape index (κ2) is 9.78. The Kier molecular flexibility index (Phi) is 8.74. The number of amides is 1. The maximum atomic E-state index is 12.2. The summed E-state index contributed by atoms with van der Waals surface area (Å²) >= 11 is 1.70. The Balaban J connectivity index is 2.12. The minimum atomic E-state index is -4.03. The topological polar surface area (TPSA) is 29.5 Å². The summed E-state index contributed by atoms with van der Waals surface area (Å²) in [6, 6.07) is 0.241. The van der Waals surface area contributed by atoms with Crippen LogP contribution >= 0.6 is 11.8 Å². The number of ether oxygens (including phenoxy) is 1. The first-order valence-corrected chi connectivity index (χ1v) is 9.88. The second-order valence-electron chi connectivity index (χ2n) is 7.30. The summed E-state index contributed by atoms with van der Waals surface area (Å²) in [7, 11) is 0. The third-order valence-electron chi connectivity index (χ3n) is 3.83. The van der Waals surface area contributed by atoms with Gasteiger partial charge in [-0.2, -0.15) is 24.9 Å². The first-order chi connectivity index (χ1) is 11.1. The molecular formula is C17H30F3NO2S. The lowest BCUT2D eigenvalue weighted by atomic mass is 10.1. The van der Waals surface area contributed by atoms with Crippen LogP contribution < -0.4 is 0 Å². The number of hydrogen-bond donors (Lipinski definition) is 0. The summed E-state index contributed by atoms with van der Waals surface area (Å²) in [5.74, 6) is 1.71. The van der Waals surface area contributed by atoms with Gasteiger partial charge in [-0.15, -0.1) is 0 Å². The highest BCUT2D eigenvalue weighted by Gasteiger charge is 2.31. The van der Waals surface area contributed by atoms with Crippen LogP contribution in [0.5, 0.6) is 0 Å². The van der Waals surface area contributed by atoms with Crippen molar-refractivity contribution in [3.63, 3.8) is 0 Å². The van der Waals surface area contributed by atoms with Gasteiger partial charge in [-0.3, -0.25) is 0 Å². The van der Waals surface area contributed by atoms with Crippen molar-refractivity contribution in [3.05, 3.63) is 0 Å². The Morgan fingerprint density at radius 1 is 1.17 bits per heavy atom. The zero-order chi connectivity index (χ0) is 18.2. The molecule has 142 valence electrons. The van der Waals surface area contributed by atoms with Gasteiger partial charge in [0.25, 0.3) is 0 Å². The number of halogens is 3. The highest BCUT2D eigenvalue weighted by molar-refractivity contribution is 7.99. The summed E-state index contributed by atoms with van der Waals surface area (Å²) in [4.78, 5) is 14.0. The molecule has 1 atom stereocenters. The monoisotopic (exact) mass is 369 g/mol. The van der Waals surface area contributed by atoms with Crippen LogP contribution in [0.25, 0.3) is 0 Å². The quantitative estimate of drug-likeness (QED) is 0.519. The standard InChI is InChI=1S/C17H30F3NO2S/c1-16(2,3)23-15(22)21-11-6-8-14(21)9-7-13-24-12-5-4-10-17(18,19)20/h14H,4-13H2,1-3H3/t14-/m0/s1. The fourth-order valence-electron chi connectivity index (χ4n) is 2.75. The van der Waals surface area contributed by atoms with Crippen LogP contribution in [0.3, 0.4) is 0 Å². The van der Waals surface area contributed by atoms with Crippen molar-refractivity contribution in [2.75, 3.05) is 18.1 Å². The zero-order valence-electron chi connectivity index (χ0n) is 15.0. The van der Waals surface area contributed by atoms with Crippen molar-refractivity contribution in [2.24, 2.45) is 0 Å². The first kappa shape index (κ1) is 21.5. The van der Waals surface area contributed by atoms with Crippen LogP contribution in [-0.4, -0.2) is 46.9 Å². The van der Waals surface area contributed by atoms with E-state index >= 15 is 0 Å². The highest BCUT2D eigenvalue weighted by atomic mass is 32.2. The summed E-state index contributed by atoms with van der Waals surface area (Å²) < 4.78 is 41.5. The lowest BCUT2D eigenvalue weighted by Gasteiger charge is -2.28. The van der Waals surface area contributed by atoms with Gasteiger partial charge in [-0.25, -0.2) is 4.79 Å². The van der Waals surface area contributed by atoms with Crippen molar-refractivity contribution < 1.29 is 22.7 Å². The molecule has 1 saturated heterocycles. The number of carbonyl (C=O) groups excluding carboxylic acids is 1. The molecule has 0 aromatic heterocycles. The van der Waals surface area contributed by atoms with Gasteiger partial charge in [0.2, 0.25) is 0 Å². The van der Waals surface area contributed by atoms with Gasteiger partial charge >= 0.3 is 12.3 Å². The van der Waals surface area contributed by atoms with E-state index in [4.69, 9.17) is 4.74 Å². The van der Waals surface area contributed by atoms with Crippen LogP contribution in [0.2, 0.25) is 0 Å². The van der Waals surface area contributed by atoms with Crippen LogP contribution in [0.1, 0.15) is 65.7 Å². The Morgan fingerprint density at radius 2 is 1.83 bits per heavy atom. The van der Waals surface area contributed by atoms with E-state index in [-0.39, 0.29) is 18.6 Å².